The van der Waals surface area contributed by atoms with Gasteiger partial charge in [-0.15, -0.1) is 0 Å². The van der Waals surface area contributed by atoms with Crippen molar-refractivity contribution in [1.82, 2.24) is 0 Å². The lowest BCUT2D eigenvalue weighted by Gasteiger charge is -2.08. The fourth-order valence-corrected chi connectivity index (χ4v) is 1.49. The topological polar surface area (TPSA) is 38.7 Å². The van der Waals surface area contributed by atoms with E-state index >= 15 is 0 Å². The van der Waals surface area contributed by atoms with Gasteiger partial charge in [0.25, 0.3) is 0 Å². The second kappa shape index (κ2) is 6.15. The Labute approximate surface area is 109 Å². The van der Waals surface area contributed by atoms with E-state index in [4.69, 9.17) is 14.6 Å². The van der Waals surface area contributed by atoms with Crippen LogP contribution in [0, 0.1) is 11.6 Å². The molecule has 0 aliphatic heterocycles. The van der Waals surface area contributed by atoms with Gasteiger partial charge in [-0.2, -0.15) is 0 Å². The third-order valence-electron chi connectivity index (χ3n) is 2.26. The molecule has 0 spiro atoms. The second-order valence-electron chi connectivity index (χ2n) is 3.75. The zero-order valence-corrected chi connectivity index (χ0v) is 9.98. The van der Waals surface area contributed by atoms with E-state index in [0.717, 1.165) is 18.2 Å². The highest BCUT2D eigenvalue weighted by atomic mass is 19.1. The van der Waals surface area contributed by atoms with E-state index in [2.05, 4.69) is 0 Å². The molecule has 0 amide bonds. The summed E-state index contributed by atoms with van der Waals surface area (Å²) in [7, 11) is 0. The minimum atomic E-state index is -0.696. The highest BCUT2D eigenvalue weighted by molar-refractivity contribution is 5.35. The van der Waals surface area contributed by atoms with Crippen molar-refractivity contribution >= 4 is 0 Å². The molecule has 0 bridgehead atoms. The maximum atomic E-state index is 13.0. The average molecular weight is 266 g/mol. The van der Waals surface area contributed by atoms with Crippen molar-refractivity contribution in [1.29, 1.82) is 0 Å². The highest BCUT2D eigenvalue weighted by Gasteiger charge is 2.03. The molecule has 0 aromatic heterocycles. The van der Waals surface area contributed by atoms with Crippen LogP contribution >= 0.6 is 0 Å². The molecule has 0 aliphatic rings. The Bertz CT molecular complexity index is 521. The van der Waals surface area contributed by atoms with Crippen LogP contribution in [0.1, 0.15) is 0 Å². The predicted octanol–water partition coefficient (Wildman–Crippen LogP) is 3.13. The summed E-state index contributed by atoms with van der Waals surface area (Å²) in [6, 6.07) is 9.46. The van der Waals surface area contributed by atoms with Crippen LogP contribution in [0.2, 0.25) is 0 Å². The van der Waals surface area contributed by atoms with E-state index < -0.39 is 11.6 Å². The first-order valence-corrected chi connectivity index (χ1v) is 5.65. The Hall–Kier alpha value is -2.14. The number of benzene rings is 2. The smallest absolute Gasteiger partial charge is 0.133 e. The number of hydrogen-bond acceptors (Lipinski definition) is 3. The Balaban J connectivity index is 2.06. The standard InChI is InChI=1S/C14H12F2O3/c15-10-7-11(16)9-14(8-10)19-13-3-1-12(2-4-13)18-6-5-17/h1-4,7-9,17H,5-6H2. The lowest BCUT2D eigenvalue weighted by Crippen LogP contribution is -2.01. The quantitative estimate of drug-likeness (QED) is 0.903. The summed E-state index contributed by atoms with van der Waals surface area (Å²) in [4.78, 5) is 0. The summed E-state index contributed by atoms with van der Waals surface area (Å²) in [5.74, 6) is -0.300. The first-order chi connectivity index (χ1) is 9.17. The Morgan fingerprint density at radius 1 is 0.842 bits per heavy atom. The summed E-state index contributed by atoms with van der Waals surface area (Å²) in [6.07, 6.45) is 0. The third kappa shape index (κ3) is 3.93. The van der Waals surface area contributed by atoms with Crippen LogP contribution in [-0.2, 0) is 0 Å². The minimum Gasteiger partial charge on any atom is -0.491 e. The van der Waals surface area contributed by atoms with Crippen molar-refractivity contribution in [3.05, 3.63) is 54.1 Å². The molecule has 0 radical (unpaired) electrons. The van der Waals surface area contributed by atoms with Gasteiger partial charge in [0.15, 0.2) is 0 Å². The molecule has 0 fully saturated rings. The van der Waals surface area contributed by atoms with Gasteiger partial charge >= 0.3 is 0 Å². The molecule has 100 valence electrons. The van der Waals surface area contributed by atoms with Crippen molar-refractivity contribution in [3.63, 3.8) is 0 Å². The number of ether oxygens (including phenoxy) is 2. The van der Waals surface area contributed by atoms with Gasteiger partial charge in [-0.1, -0.05) is 0 Å². The molecular weight excluding hydrogens is 254 g/mol. The zero-order chi connectivity index (χ0) is 13.7. The monoisotopic (exact) mass is 266 g/mol. The van der Waals surface area contributed by atoms with Crippen LogP contribution in [0.25, 0.3) is 0 Å². The summed E-state index contributed by atoms with van der Waals surface area (Å²) in [5.41, 5.74) is 0. The van der Waals surface area contributed by atoms with Crippen molar-refractivity contribution in [3.8, 4) is 17.2 Å². The third-order valence-corrected chi connectivity index (χ3v) is 2.26. The maximum Gasteiger partial charge on any atom is 0.133 e. The molecule has 0 atom stereocenters. The molecule has 2 aromatic carbocycles. The summed E-state index contributed by atoms with van der Waals surface area (Å²) in [5, 5.41) is 8.61. The predicted molar refractivity (Wildman–Crippen MR) is 65.5 cm³/mol. The summed E-state index contributed by atoms with van der Waals surface area (Å²) < 4.78 is 36.4. The van der Waals surface area contributed by atoms with Gasteiger partial charge in [0.1, 0.15) is 35.5 Å². The molecule has 0 aliphatic carbocycles. The highest BCUT2D eigenvalue weighted by Crippen LogP contribution is 2.25. The molecular formula is C14H12F2O3. The van der Waals surface area contributed by atoms with Crippen LogP contribution < -0.4 is 9.47 Å². The van der Waals surface area contributed by atoms with Crippen LogP contribution in [0.3, 0.4) is 0 Å². The van der Waals surface area contributed by atoms with Gasteiger partial charge in [0.2, 0.25) is 0 Å². The number of rotatable bonds is 5. The molecule has 0 heterocycles. The fraction of sp³-hybridized carbons (Fsp3) is 0.143. The Morgan fingerprint density at radius 2 is 1.42 bits per heavy atom. The van der Waals surface area contributed by atoms with Gasteiger partial charge in [-0.3, -0.25) is 0 Å². The van der Waals surface area contributed by atoms with E-state index in [1.807, 2.05) is 0 Å². The Morgan fingerprint density at radius 3 is 2.00 bits per heavy atom. The number of aliphatic hydroxyl groups excluding tert-OH is 1. The summed E-state index contributed by atoms with van der Waals surface area (Å²) in [6.45, 7) is 0.135. The molecule has 19 heavy (non-hydrogen) atoms. The second-order valence-corrected chi connectivity index (χ2v) is 3.75. The SMILES string of the molecule is OCCOc1ccc(Oc2cc(F)cc(F)c2)cc1. The number of halogens is 2. The lowest BCUT2D eigenvalue weighted by atomic mass is 10.3. The number of hydrogen-bond donors (Lipinski definition) is 1. The molecule has 0 unspecified atom stereocenters. The molecule has 2 rings (SSSR count). The molecule has 1 N–H and O–H groups in total. The first-order valence-electron chi connectivity index (χ1n) is 5.65. The van der Waals surface area contributed by atoms with Gasteiger partial charge in [-0.25, -0.2) is 8.78 Å². The average Bonchev–Trinajstić information content (AvgIpc) is 2.37. The van der Waals surface area contributed by atoms with E-state index in [1.165, 1.54) is 0 Å². The fourth-order valence-electron chi connectivity index (χ4n) is 1.49. The van der Waals surface area contributed by atoms with E-state index in [-0.39, 0.29) is 19.0 Å². The van der Waals surface area contributed by atoms with Crippen molar-refractivity contribution in [2.45, 2.75) is 0 Å². The summed E-state index contributed by atoms with van der Waals surface area (Å²) >= 11 is 0. The van der Waals surface area contributed by atoms with E-state index in [9.17, 15) is 8.78 Å². The first kappa shape index (κ1) is 13.3. The number of aliphatic hydroxyl groups is 1. The van der Waals surface area contributed by atoms with Crippen LogP contribution in [0.15, 0.2) is 42.5 Å². The zero-order valence-electron chi connectivity index (χ0n) is 9.98. The van der Waals surface area contributed by atoms with Gasteiger partial charge in [-0.05, 0) is 24.3 Å². The van der Waals surface area contributed by atoms with Crippen molar-refractivity contribution < 1.29 is 23.4 Å². The van der Waals surface area contributed by atoms with E-state index in [0.29, 0.717) is 11.5 Å². The molecule has 3 nitrogen and oxygen atoms in total. The molecule has 0 saturated carbocycles. The van der Waals surface area contributed by atoms with Crippen molar-refractivity contribution in [2.24, 2.45) is 0 Å². The van der Waals surface area contributed by atoms with Crippen LogP contribution in [0.4, 0.5) is 8.78 Å². The van der Waals surface area contributed by atoms with Gasteiger partial charge in [0, 0.05) is 18.2 Å². The van der Waals surface area contributed by atoms with Crippen LogP contribution in [0.5, 0.6) is 17.2 Å². The van der Waals surface area contributed by atoms with Crippen LogP contribution in [-0.4, -0.2) is 18.3 Å². The molecule has 0 saturated heterocycles. The minimum absolute atomic E-state index is 0.0686. The van der Waals surface area contributed by atoms with Crippen molar-refractivity contribution in [2.75, 3.05) is 13.2 Å². The lowest BCUT2D eigenvalue weighted by molar-refractivity contribution is 0.201. The largest absolute Gasteiger partial charge is 0.491 e. The normalized spacial score (nSPS) is 10.3. The Kier molecular flexibility index (Phi) is 4.30. The maximum absolute atomic E-state index is 13.0. The molecule has 2 aromatic rings. The van der Waals surface area contributed by atoms with E-state index in [1.54, 1.807) is 24.3 Å². The van der Waals surface area contributed by atoms with Gasteiger partial charge < -0.3 is 14.6 Å². The van der Waals surface area contributed by atoms with Gasteiger partial charge in [0.05, 0.1) is 6.61 Å². The molecule has 5 heteroatoms.